The van der Waals surface area contributed by atoms with E-state index < -0.39 is 5.97 Å². The van der Waals surface area contributed by atoms with Gasteiger partial charge in [0.1, 0.15) is 5.75 Å². The Morgan fingerprint density at radius 3 is 2.89 bits per heavy atom. The average molecular weight is 250 g/mol. The van der Waals surface area contributed by atoms with E-state index in [1.807, 2.05) is 31.2 Å². The molecule has 0 radical (unpaired) electrons. The monoisotopic (exact) mass is 250 g/mol. The zero-order valence-electron chi connectivity index (χ0n) is 10.4. The predicted molar refractivity (Wildman–Crippen MR) is 69.1 cm³/mol. The van der Waals surface area contributed by atoms with E-state index in [9.17, 15) is 4.79 Å². The third-order valence-corrected chi connectivity index (χ3v) is 2.97. The first-order chi connectivity index (χ1) is 8.63. The molecule has 1 aliphatic heterocycles. The molecule has 3 N–H and O–H groups in total. The zero-order chi connectivity index (χ0) is 13.0. The number of hydrogen-bond donors (Lipinski definition) is 3. The highest BCUT2D eigenvalue weighted by Crippen LogP contribution is 2.25. The number of nitrogens with one attached hydrogen (secondary N) is 2. The van der Waals surface area contributed by atoms with Gasteiger partial charge in [0.2, 0.25) is 0 Å². The Morgan fingerprint density at radius 1 is 1.56 bits per heavy atom. The fraction of sp³-hybridized carbons (Fsp3) is 0.462. The molecule has 0 bridgehead atoms. The van der Waals surface area contributed by atoms with E-state index in [2.05, 4.69) is 10.6 Å². The number of carbonyl (C=O) groups is 1. The molecule has 2 rings (SSSR count). The van der Waals surface area contributed by atoms with Gasteiger partial charge in [-0.1, -0.05) is 6.07 Å². The number of carboxylic acids is 1. The van der Waals surface area contributed by atoms with Crippen LogP contribution in [0.1, 0.15) is 13.3 Å². The molecule has 18 heavy (non-hydrogen) atoms. The molecule has 1 heterocycles. The number of hydrogen-bond acceptors (Lipinski definition) is 4. The lowest BCUT2D eigenvalue weighted by atomic mass is 9.88. The highest BCUT2D eigenvalue weighted by Gasteiger charge is 2.38. The number of anilines is 1. The van der Waals surface area contributed by atoms with Gasteiger partial charge in [-0.25, -0.2) is 0 Å². The van der Waals surface area contributed by atoms with E-state index in [4.69, 9.17) is 9.84 Å². The lowest BCUT2D eigenvalue weighted by Gasteiger charge is -2.43. The molecule has 98 valence electrons. The summed E-state index contributed by atoms with van der Waals surface area (Å²) in [6.07, 6.45) is 0.110. The standard InChI is InChI=1S/C13H18N2O3/c1-2-18-11-5-3-4-10(6-11)15-13(7-12(16)17)8-14-9-13/h3-6,14-15H,2,7-9H2,1H3,(H,16,17). The van der Waals surface area contributed by atoms with Crippen LogP contribution in [0.25, 0.3) is 0 Å². The van der Waals surface area contributed by atoms with Crippen molar-refractivity contribution in [3.63, 3.8) is 0 Å². The minimum Gasteiger partial charge on any atom is -0.494 e. The topological polar surface area (TPSA) is 70.6 Å². The van der Waals surface area contributed by atoms with Crippen molar-refractivity contribution < 1.29 is 14.6 Å². The quantitative estimate of drug-likeness (QED) is 0.710. The van der Waals surface area contributed by atoms with Gasteiger partial charge in [-0.15, -0.1) is 0 Å². The van der Waals surface area contributed by atoms with Gasteiger partial charge in [-0.2, -0.15) is 0 Å². The fourth-order valence-corrected chi connectivity index (χ4v) is 2.11. The van der Waals surface area contributed by atoms with Gasteiger partial charge in [0, 0.05) is 24.8 Å². The van der Waals surface area contributed by atoms with Crippen molar-refractivity contribution in [1.29, 1.82) is 0 Å². The molecule has 1 aromatic carbocycles. The molecule has 0 aliphatic carbocycles. The average Bonchev–Trinajstić information content (AvgIpc) is 2.26. The van der Waals surface area contributed by atoms with Crippen molar-refractivity contribution in [3.8, 4) is 5.75 Å². The number of rotatable bonds is 6. The number of aliphatic carboxylic acids is 1. The van der Waals surface area contributed by atoms with Gasteiger partial charge in [0.05, 0.1) is 18.6 Å². The first kappa shape index (κ1) is 12.7. The highest BCUT2D eigenvalue weighted by molar-refractivity contribution is 5.70. The molecule has 0 aromatic heterocycles. The molecule has 0 spiro atoms. The minimum atomic E-state index is -0.787. The molecule has 1 fully saturated rings. The van der Waals surface area contributed by atoms with Crippen LogP contribution in [0, 0.1) is 0 Å². The Kier molecular flexibility index (Phi) is 3.72. The van der Waals surface area contributed by atoms with E-state index in [0.717, 1.165) is 11.4 Å². The summed E-state index contributed by atoms with van der Waals surface area (Å²) in [7, 11) is 0. The van der Waals surface area contributed by atoms with Gasteiger partial charge in [-0.3, -0.25) is 4.79 Å². The number of carboxylic acid groups (broad SMARTS) is 1. The molecule has 1 aliphatic rings. The molecule has 0 unspecified atom stereocenters. The molecule has 0 saturated carbocycles. The third kappa shape index (κ3) is 2.92. The van der Waals surface area contributed by atoms with Crippen LogP contribution in [-0.2, 0) is 4.79 Å². The summed E-state index contributed by atoms with van der Waals surface area (Å²) in [6.45, 7) is 3.88. The van der Waals surface area contributed by atoms with Crippen LogP contribution in [0.15, 0.2) is 24.3 Å². The Hall–Kier alpha value is -1.75. The van der Waals surface area contributed by atoms with Crippen molar-refractivity contribution in [2.75, 3.05) is 25.0 Å². The van der Waals surface area contributed by atoms with Crippen LogP contribution in [-0.4, -0.2) is 36.3 Å². The van der Waals surface area contributed by atoms with Crippen molar-refractivity contribution in [3.05, 3.63) is 24.3 Å². The van der Waals surface area contributed by atoms with E-state index >= 15 is 0 Å². The third-order valence-electron chi connectivity index (χ3n) is 2.97. The molecular formula is C13H18N2O3. The summed E-state index contributed by atoms with van der Waals surface area (Å²) in [5, 5.41) is 15.3. The largest absolute Gasteiger partial charge is 0.494 e. The van der Waals surface area contributed by atoms with Gasteiger partial charge in [0.15, 0.2) is 0 Å². The fourth-order valence-electron chi connectivity index (χ4n) is 2.11. The summed E-state index contributed by atoms with van der Waals surface area (Å²) < 4.78 is 5.42. The van der Waals surface area contributed by atoms with Gasteiger partial charge >= 0.3 is 5.97 Å². The second-order valence-electron chi connectivity index (χ2n) is 4.54. The lowest BCUT2D eigenvalue weighted by molar-refractivity contribution is -0.138. The van der Waals surface area contributed by atoms with Crippen molar-refractivity contribution >= 4 is 11.7 Å². The summed E-state index contributed by atoms with van der Waals surface area (Å²) in [6, 6.07) is 7.60. The molecule has 0 atom stereocenters. The Bertz CT molecular complexity index is 430. The summed E-state index contributed by atoms with van der Waals surface area (Å²) in [4.78, 5) is 10.9. The van der Waals surface area contributed by atoms with Crippen LogP contribution in [0.2, 0.25) is 0 Å². The predicted octanol–water partition coefficient (Wildman–Crippen LogP) is 1.31. The molecule has 1 aromatic rings. The van der Waals surface area contributed by atoms with E-state index in [1.165, 1.54) is 0 Å². The van der Waals surface area contributed by atoms with Crippen LogP contribution in [0.5, 0.6) is 5.75 Å². The first-order valence-electron chi connectivity index (χ1n) is 6.07. The highest BCUT2D eigenvalue weighted by atomic mass is 16.5. The maximum absolute atomic E-state index is 10.9. The smallest absolute Gasteiger partial charge is 0.305 e. The number of ether oxygens (including phenoxy) is 1. The summed E-state index contributed by atoms with van der Waals surface area (Å²) in [5.74, 6) is 0.00483. The van der Waals surface area contributed by atoms with Gasteiger partial charge in [0.25, 0.3) is 0 Å². The number of benzene rings is 1. The van der Waals surface area contributed by atoms with E-state index in [-0.39, 0.29) is 12.0 Å². The molecular weight excluding hydrogens is 232 g/mol. The van der Waals surface area contributed by atoms with Crippen LogP contribution in [0.4, 0.5) is 5.69 Å². The molecule has 0 amide bonds. The maximum atomic E-state index is 10.9. The van der Waals surface area contributed by atoms with E-state index in [0.29, 0.717) is 19.7 Å². The lowest BCUT2D eigenvalue weighted by Crippen LogP contribution is -2.65. The second-order valence-corrected chi connectivity index (χ2v) is 4.54. The van der Waals surface area contributed by atoms with Crippen LogP contribution < -0.4 is 15.4 Å². The first-order valence-corrected chi connectivity index (χ1v) is 6.07. The van der Waals surface area contributed by atoms with Crippen LogP contribution in [0.3, 0.4) is 0 Å². The zero-order valence-corrected chi connectivity index (χ0v) is 10.4. The molecule has 1 saturated heterocycles. The summed E-state index contributed by atoms with van der Waals surface area (Å²) in [5.41, 5.74) is 0.514. The van der Waals surface area contributed by atoms with Gasteiger partial charge < -0.3 is 20.5 Å². The second kappa shape index (κ2) is 5.27. The minimum absolute atomic E-state index is 0.110. The summed E-state index contributed by atoms with van der Waals surface area (Å²) >= 11 is 0. The Morgan fingerprint density at radius 2 is 2.33 bits per heavy atom. The maximum Gasteiger partial charge on any atom is 0.305 e. The molecule has 5 heteroatoms. The molecule has 5 nitrogen and oxygen atoms in total. The Balaban J connectivity index is 2.07. The van der Waals surface area contributed by atoms with Crippen molar-refractivity contribution in [2.45, 2.75) is 18.9 Å². The van der Waals surface area contributed by atoms with Crippen molar-refractivity contribution in [1.82, 2.24) is 5.32 Å². The van der Waals surface area contributed by atoms with Crippen molar-refractivity contribution in [2.24, 2.45) is 0 Å². The van der Waals surface area contributed by atoms with Gasteiger partial charge in [-0.05, 0) is 19.1 Å². The normalized spacial score (nSPS) is 16.7. The SMILES string of the molecule is CCOc1cccc(NC2(CC(=O)O)CNC2)c1. The Labute approximate surface area is 106 Å². The van der Waals surface area contributed by atoms with Crippen LogP contribution >= 0.6 is 0 Å². The van der Waals surface area contributed by atoms with E-state index in [1.54, 1.807) is 0 Å².